The number of hydrogen-bond donors (Lipinski definition) is 3. The van der Waals surface area contributed by atoms with Gasteiger partial charge in [-0.3, -0.25) is 9.78 Å². The van der Waals surface area contributed by atoms with Gasteiger partial charge in [0.1, 0.15) is 18.2 Å². The zero-order valence-electron chi connectivity index (χ0n) is 20.8. The molecule has 4 heterocycles. The standard InChI is InChI=1S/C28H31FN4O3/c1-4-16-18(29)6-5-7-19(16)32-24-22-25(28(9-10-28)14-31-26(22)34)33-23(24)17-8-11-30-12-20(17)35-13-21-27(2,3)15-36-21/h5-8,11-12,21,32-33H,4,9-10,13-15H2,1-3H3,(H,31,34)/t21-/m1/s1. The summed E-state index contributed by atoms with van der Waals surface area (Å²) in [6, 6.07) is 6.87. The number of aromatic nitrogens is 2. The quantitative estimate of drug-likeness (QED) is 0.429. The fourth-order valence-electron chi connectivity index (χ4n) is 5.30. The topological polar surface area (TPSA) is 88.3 Å². The fourth-order valence-corrected chi connectivity index (χ4v) is 5.30. The number of nitrogens with zero attached hydrogens (tertiary/aromatic N) is 1. The van der Waals surface area contributed by atoms with Crippen LogP contribution < -0.4 is 15.4 Å². The van der Waals surface area contributed by atoms with Gasteiger partial charge in [0.2, 0.25) is 0 Å². The molecule has 7 nitrogen and oxygen atoms in total. The lowest BCUT2D eigenvalue weighted by Gasteiger charge is -2.43. The minimum atomic E-state index is -0.271. The van der Waals surface area contributed by atoms with Crippen molar-refractivity contribution in [2.24, 2.45) is 5.41 Å². The van der Waals surface area contributed by atoms with Crippen LogP contribution in [-0.4, -0.2) is 41.7 Å². The Morgan fingerprint density at radius 3 is 2.81 bits per heavy atom. The summed E-state index contributed by atoms with van der Waals surface area (Å²) in [5.41, 5.74) is 4.88. The van der Waals surface area contributed by atoms with Crippen molar-refractivity contribution in [2.75, 3.05) is 25.1 Å². The highest BCUT2D eigenvalue weighted by Gasteiger charge is 2.52. The maximum absolute atomic E-state index is 14.6. The monoisotopic (exact) mass is 490 g/mol. The highest BCUT2D eigenvalue weighted by Crippen LogP contribution is 2.54. The van der Waals surface area contributed by atoms with Crippen LogP contribution in [0.2, 0.25) is 0 Å². The maximum atomic E-state index is 14.6. The van der Waals surface area contributed by atoms with E-state index in [1.165, 1.54) is 6.07 Å². The summed E-state index contributed by atoms with van der Waals surface area (Å²) in [6.07, 6.45) is 5.94. The van der Waals surface area contributed by atoms with E-state index >= 15 is 0 Å². The highest BCUT2D eigenvalue weighted by atomic mass is 19.1. The maximum Gasteiger partial charge on any atom is 0.255 e. The van der Waals surface area contributed by atoms with Crippen molar-refractivity contribution < 1.29 is 18.7 Å². The molecule has 0 radical (unpaired) electrons. The van der Waals surface area contributed by atoms with Gasteiger partial charge >= 0.3 is 0 Å². The van der Waals surface area contributed by atoms with Crippen molar-refractivity contribution in [1.29, 1.82) is 0 Å². The van der Waals surface area contributed by atoms with Crippen LogP contribution in [0.15, 0.2) is 36.7 Å². The number of halogens is 1. The molecule has 3 aliphatic rings. The highest BCUT2D eigenvalue weighted by molar-refractivity contribution is 6.07. The van der Waals surface area contributed by atoms with E-state index in [0.717, 1.165) is 29.8 Å². The fraction of sp³-hybridized carbons (Fsp3) is 0.429. The first kappa shape index (κ1) is 23.0. The second kappa shape index (κ2) is 8.34. The first-order valence-corrected chi connectivity index (χ1v) is 12.6. The van der Waals surface area contributed by atoms with Crippen LogP contribution in [0.4, 0.5) is 15.8 Å². The number of aromatic amines is 1. The Morgan fingerprint density at radius 1 is 1.28 bits per heavy atom. The van der Waals surface area contributed by atoms with Gasteiger partial charge in [0, 0.05) is 46.1 Å². The number of ether oxygens (including phenoxy) is 2. The van der Waals surface area contributed by atoms with E-state index in [4.69, 9.17) is 9.47 Å². The van der Waals surface area contributed by atoms with Gasteiger partial charge in [-0.15, -0.1) is 0 Å². The van der Waals surface area contributed by atoms with E-state index in [9.17, 15) is 9.18 Å². The summed E-state index contributed by atoms with van der Waals surface area (Å²) in [5, 5.41) is 6.50. The number of anilines is 2. The summed E-state index contributed by atoms with van der Waals surface area (Å²) in [5.74, 6) is 0.196. The molecule has 188 valence electrons. The number of fused-ring (bicyclic) bond motifs is 2. The summed E-state index contributed by atoms with van der Waals surface area (Å²) in [6.45, 7) is 7.97. The van der Waals surface area contributed by atoms with Crippen LogP contribution in [0, 0.1) is 11.2 Å². The summed E-state index contributed by atoms with van der Waals surface area (Å²) in [7, 11) is 0. The van der Waals surface area contributed by atoms with Crippen LogP contribution in [-0.2, 0) is 16.6 Å². The van der Waals surface area contributed by atoms with Crippen molar-refractivity contribution in [2.45, 2.75) is 51.6 Å². The summed E-state index contributed by atoms with van der Waals surface area (Å²) in [4.78, 5) is 21.1. The Balaban J connectivity index is 1.46. The van der Waals surface area contributed by atoms with Crippen molar-refractivity contribution in [1.82, 2.24) is 15.3 Å². The van der Waals surface area contributed by atoms with Crippen molar-refractivity contribution in [3.63, 3.8) is 0 Å². The van der Waals surface area contributed by atoms with Gasteiger partial charge in [-0.1, -0.05) is 26.8 Å². The van der Waals surface area contributed by atoms with Crippen LogP contribution in [0.25, 0.3) is 11.3 Å². The lowest BCUT2D eigenvalue weighted by molar-refractivity contribution is -0.180. The molecule has 1 saturated heterocycles. The molecule has 8 heteroatoms. The minimum absolute atomic E-state index is 0.0000774. The molecule has 0 bridgehead atoms. The molecule has 6 rings (SSSR count). The number of carbonyl (C=O) groups is 1. The molecular weight excluding hydrogens is 459 g/mol. The molecule has 1 spiro atoms. The Morgan fingerprint density at radius 2 is 2.11 bits per heavy atom. The predicted molar refractivity (Wildman–Crippen MR) is 135 cm³/mol. The van der Waals surface area contributed by atoms with Crippen molar-refractivity contribution in [3.05, 3.63) is 59.3 Å². The molecular formula is C28H31FN4O3. The molecule has 1 amide bonds. The van der Waals surface area contributed by atoms with Crippen molar-refractivity contribution in [3.8, 4) is 17.0 Å². The third-order valence-corrected chi connectivity index (χ3v) is 7.90. The minimum Gasteiger partial charge on any atom is -0.489 e. The van der Waals surface area contributed by atoms with E-state index in [1.807, 2.05) is 19.1 Å². The molecule has 1 aliphatic carbocycles. The van der Waals surface area contributed by atoms with E-state index in [1.54, 1.807) is 18.5 Å². The van der Waals surface area contributed by atoms with Crippen LogP contribution in [0.1, 0.15) is 55.2 Å². The molecule has 0 unspecified atom stereocenters. The van der Waals surface area contributed by atoms with E-state index in [-0.39, 0.29) is 28.7 Å². The van der Waals surface area contributed by atoms with Gasteiger partial charge in [-0.2, -0.15) is 0 Å². The number of amides is 1. The number of nitrogens with one attached hydrogen (secondary N) is 3. The van der Waals surface area contributed by atoms with E-state index < -0.39 is 0 Å². The Hall–Kier alpha value is -3.39. The van der Waals surface area contributed by atoms with Gasteiger partial charge in [-0.25, -0.2) is 4.39 Å². The van der Waals surface area contributed by atoms with Gasteiger partial charge in [0.05, 0.1) is 35.9 Å². The first-order chi connectivity index (χ1) is 17.3. The number of pyridine rings is 1. The third-order valence-electron chi connectivity index (χ3n) is 7.90. The SMILES string of the molecule is CCc1c(F)cccc1Nc1c(-c2ccncc2OC[C@H]2OCC2(C)C)[nH]c2c1C(=O)NCC21CC1. The largest absolute Gasteiger partial charge is 0.489 e. The number of hydrogen-bond acceptors (Lipinski definition) is 5. The zero-order chi connectivity index (χ0) is 25.1. The van der Waals surface area contributed by atoms with E-state index in [2.05, 4.69) is 34.4 Å². The lowest BCUT2D eigenvalue weighted by atomic mass is 9.83. The summed E-state index contributed by atoms with van der Waals surface area (Å²) < 4.78 is 26.6. The Bertz CT molecular complexity index is 1340. The number of carbonyl (C=O) groups excluding carboxylic acids is 1. The van der Waals surface area contributed by atoms with Crippen LogP contribution in [0.5, 0.6) is 5.75 Å². The van der Waals surface area contributed by atoms with Gasteiger partial charge in [0.15, 0.2) is 0 Å². The van der Waals surface area contributed by atoms with Crippen LogP contribution >= 0.6 is 0 Å². The van der Waals surface area contributed by atoms with Gasteiger partial charge < -0.3 is 25.1 Å². The smallest absolute Gasteiger partial charge is 0.255 e. The molecule has 1 aromatic carbocycles. The zero-order valence-corrected chi connectivity index (χ0v) is 20.8. The molecule has 1 atom stereocenters. The van der Waals surface area contributed by atoms with E-state index in [0.29, 0.717) is 54.4 Å². The van der Waals surface area contributed by atoms with Crippen molar-refractivity contribution >= 4 is 17.3 Å². The average Bonchev–Trinajstić information content (AvgIpc) is 3.54. The lowest BCUT2D eigenvalue weighted by Crippen LogP contribution is -2.50. The predicted octanol–water partition coefficient (Wildman–Crippen LogP) is 5.10. The second-order valence-corrected chi connectivity index (χ2v) is 10.8. The number of rotatable bonds is 7. The van der Waals surface area contributed by atoms with Crippen LogP contribution in [0.3, 0.4) is 0 Å². The molecule has 2 fully saturated rings. The Kier molecular flexibility index (Phi) is 5.33. The number of benzene rings is 1. The molecule has 1 saturated carbocycles. The Labute approximate surface area is 209 Å². The average molecular weight is 491 g/mol. The molecule has 2 aromatic heterocycles. The first-order valence-electron chi connectivity index (χ1n) is 12.6. The van der Waals surface area contributed by atoms with Gasteiger partial charge in [0.25, 0.3) is 5.91 Å². The third kappa shape index (κ3) is 3.66. The van der Waals surface area contributed by atoms with Gasteiger partial charge in [-0.05, 0) is 37.5 Å². The molecule has 3 N–H and O–H groups in total. The normalized spacial score (nSPS) is 20.9. The number of H-pyrrole nitrogens is 1. The summed E-state index contributed by atoms with van der Waals surface area (Å²) >= 11 is 0. The second-order valence-electron chi connectivity index (χ2n) is 10.8. The molecule has 2 aliphatic heterocycles. The molecule has 36 heavy (non-hydrogen) atoms. The molecule has 3 aromatic rings.